The Morgan fingerprint density at radius 3 is 2.16 bits per heavy atom. The molecule has 3 heteroatoms. The van der Waals surface area contributed by atoms with E-state index >= 15 is 0 Å². The van der Waals surface area contributed by atoms with E-state index in [2.05, 4.69) is 42.6 Å². The predicted molar refractivity (Wildman–Crippen MR) is 82.6 cm³/mol. The van der Waals surface area contributed by atoms with E-state index in [1.807, 2.05) is 31.2 Å². The molecule has 3 nitrogen and oxygen atoms in total. The smallest absolute Gasteiger partial charge is 0.0648 e. The zero-order chi connectivity index (χ0) is 13.8. The highest BCUT2D eigenvalue weighted by Gasteiger charge is 1.98. The third kappa shape index (κ3) is 3.58. The second-order valence-electron chi connectivity index (χ2n) is 4.81. The largest absolute Gasteiger partial charge is 0.399 e. The van der Waals surface area contributed by atoms with E-state index in [9.17, 15) is 0 Å². The normalized spacial score (nSPS) is 11.4. The van der Waals surface area contributed by atoms with Crippen LogP contribution in [-0.2, 0) is 0 Å². The first-order valence-corrected chi connectivity index (χ1v) is 6.29. The van der Waals surface area contributed by atoms with Crippen LogP contribution in [0.25, 0.3) is 0 Å². The van der Waals surface area contributed by atoms with Gasteiger partial charge in [-0.15, -0.1) is 0 Å². The van der Waals surface area contributed by atoms with E-state index in [4.69, 9.17) is 5.73 Å². The average Bonchev–Trinajstić information content (AvgIpc) is 2.36. The molecule has 98 valence electrons. The molecule has 2 rings (SSSR count). The number of hydrazone groups is 1. The lowest BCUT2D eigenvalue weighted by atomic mass is 10.1. The van der Waals surface area contributed by atoms with Crippen molar-refractivity contribution in [3.63, 3.8) is 0 Å². The van der Waals surface area contributed by atoms with Gasteiger partial charge in [-0.3, -0.25) is 5.43 Å². The molecule has 3 N–H and O–H groups in total. The molecule has 2 aromatic carbocycles. The Morgan fingerprint density at radius 1 is 1.00 bits per heavy atom. The van der Waals surface area contributed by atoms with Gasteiger partial charge in [0.15, 0.2) is 0 Å². The Kier molecular flexibility index (Phi) is 3.85. The van der Waals surface area contributed by atoms with Gasteiger partial charge >= 0.3 is 0 Å². The Bertz CT molecular complexity index is 578. The number of hydrogen-bond acceptors (Lipinski definition) is 3. The number of anilines is 2. The molecule has 0 aromatic heterocycles. The summed E-state index contributed by atoms with van der Waals surface area (Å²) in [4.78, 5) is 0. The Labute approximate surface area is 114 Å². The fourth-order valence-electron chi connectivity index (χ4n) is 1.98. The summed E-state index contributed by atoms with van der Waals surface area (Å²) in [7, 11) is 0. The maximum Gasteiger partial charge on any atom is 0.0648 e. The van der Waals surface area contributed by atoms with Crippen molar-refractivity contribution < 1.29 is 0 Å². The molecule has 0 heterocycles. The zero-order valence-electron chi connectivity index (χ0n) is 11.6. The minimum atomic E-state index is 0.763. The Hall–Kier alpha value is -2.29. The number of benzene rings is 2. The van der Waals surface area contributed by atoms with Gasteiger partial charge in [0.25, 0.3) is 0 Å². The van der Waals surface area contributed by atoms with Crippen molar-refractivity contribution in [3.8, 4) is 0 Å². The van der Waals surface area contributed by atoms with Gasteiger partial charge in [0.05, 0.1) is 11.4 Å². The molecule has 0 saturated carbocycles. The van der Waals surface area contributed by atoms with Crippen molar-refractivity contribution in [2.45, 2.75) is 20.8 Å². The van der Waals surface area contributed by atoms with Gasteiger partial charge < -0.3 is 5.73 Å². The second kappa shape index (κ2) is 5.57. The van der Waals surface area contributed by atoms with Crippen molar-refractivity contribution in [1.82, 2.24) is 0 Å². The zero-order valence-corrected chi connectivity index (χ0v) is 11.6. The molecule has 0 aliphatic carbocycles. The number of nitrogen functional groups attached to an aromatic ring is 1. The van der Waals surface area contributed by atoms with E-state index in [-0.39, 0.29) is 0 Å². The molecular formula is C16H19N3. The second-order valence-corrected chi connectivity index (χ2v) is 4.81. The summed E-state index contributed by atoms with van der Waals surface area (Å²) >= 11 is 0. The van der Waals surface area contributed by atoms with Crippen molar-refractivity contribution in [2.75, 3.05) is 11.2 Å². The molecule has 2 aromatic rings. The summed E-state index contributed by atoms with van der Waals surface area (Å²) in [5, 5.41) is 4.40. The van der Waals surface area contributed by atoms with Gasteiger partial charge in [0, 0.05) is 5.69 Å². The molecular weight excluding hydrogens is 234 g/mol. The predicted octanol–water partition coefficient (Wildman–Crippen LogP) is 3.72. The van der Waals surface area contributed by atoms with Gasteiger partial charge in [0.2, 0.25) is 0 Å². The third-order valence-electron chi connectivity index (χ3n) is 2.90. The minimum absolute atomic E-state index is 0.763. The van der Waals surface area contributed by atoms with Gasteiger partial charge in [-0.25, -0.2) is 0 Å². The summed E-state index contributed by atoms with van der Waals surface area (Å²) in [6.45, 7) is 6.13. The number of aryl methyl sites for hydroxylation is 2. The third-order valence-corrected chi connectivity index (χ3v) is 2.90. The molecule has 0 unspecified atom stereocenters. The van der Waals surface area contributed by atoms with Crippen LogP contribution in [0.2, 0.25) is 0 Å². The highest BCUT2D eigenvalue weighted by Crippen LogP contribution is 2.14. The fraction of sp³-hybridized carbons (Fsp3) is 0.188. The standard InChI is InChI=1S/C16H19N3/c1-11-8-12(2)10-16(9-11)19-18-13(3)14-4-6-15(17)7-5-14/h4-10,19H,17H2,1-3H3/b18-13-. The van der Waals surface area contributed by atoms with E-state index in [0.29, 0.717) is 0 Å². The lowest BCUT2D eigenvalue weighted by molar-refractivity contribution is 1.29. The fourth-order valence-corrected chi connectivity index (χ4v) is 1.98. The summed E-state index contributed by atoms with van der Waals surface area (Å²) in [5.41, 5.74) is 15.0. The van der Waals surface area contributed by atoms with Crippen LogP contribution in [0.1, 0.15) is 23.6 Å². The van der Waals surface area contributed by atoms with Gasteiger partial charge in [-0.2, -0.15) is 5.10 Å². The molecule has 0 aliphatic rings. The summed E-state index contributed by atoms with van der Waals surface area (Å²) < 4.78 is 0. The molecule has 19 heavy (non-hydrogen) atoms. The molecule has 0 bridgehead atoms. The van der Waals surface area contributed by atoms with Gasteiger partial charge in [-0.05, 0) is 61.7 Å². The molecule has 0 amide bonds. The number of nitrogens with one attached hydrogen (secondary N) is 1. The minimum Gasteiger partial charge on any atom is -0.399 e. The first-order valence-electron chi connectivity index (χ1n) is 6.29. The quantitative estimate of drug-likeness (QED) is 0.497. The van der Waals surface area contributed by atoms with Crippen LogP contribution in [0, 0.1) is 13.8 Å². The van der Waals surface area contributed by atoms with Crippen LogP contribution in [0.5, 0.6) is 0 Å². The first-order chi connectivity index (χ1) is 9.04. The van der Waals surface area contributed by atoms with E-state index in [1.54, 1.807) is 0 Å². The molecule has 0 radical (unpaired) electrons. The first kappa shape index (κ1) is 13.1. The molecule has 0 atom stereocenters. The van der Waals surface area contributed by atoms with Crippen LogP contribution in [0.4, 0.5) is 11.4 Å². The van der Waals surface area contributed by atoms with E-state index in [1.165, 1.54) is 11.1 Å². The van der Waals surface area contributed by atoms with E-state index < -0.39 is 0 Å². The Balaban J connectivity index is 2.15. The highest BCUT2D eigenvalue weighted by atomic mass is 15.3. The van der Waals surface area contributed by atoms with Crippen LogP contribution in [-0.4, -0.2) is 5.71 Å². The van der Waals surface area contributed by atoms with Crippen molar-refractivity contribution >= 4 is 17.1 Å². The number of nitrogens with zero attached hydrogens (tertiary/aromatic N) is 1. The summed E-state index contributed by atoms with van der Waals surface area (Å²) in [6.07, 6.45) is 0. The van der Waals surface area contributed by atoms with E-state index in [0.717, 1.165) is 22.6 Å². The number of rotatable bonds is 3. The number of hydrogen-bond donors (Lipinski definition) is 2. The molecule has 0 fully saturated rings. The van der Waals surface area contributed by atoms with Gasteiger partial charge in [0.1, 0.15) is 0 Å². The maximum absolute atomic E-state index is 5.67. The average molecular weight is 253 g/mol. The topological polar surface area (TPSA) is 50.4 Å². The van der Waals surface area contributed by atoms with Crippen molar-refractivity contribution in [1.29, 1.82) is 0 Å². The van der Waals surface area contributed by atoms with Crippen LogP contribution >= 0.6 is 0 Å². The molecule has 0 saturated heterocycles. The van der Waals surface area contributed by atoms with Crippen LogP contribution in [0.3, 0.4) is 0 Å². The van der Waals surface area contributed by atoms with Crippen LogP contribution < -0.4 is 11.2 Å². The number of nitrogens with two attached hydrogens (primary N) is 1. The highest BCUT2D eigenvalue weighted by molar-refractivity contribution is 5.99. The molecule has 0 spiro atoms. The lowest BCUT2D eigenvalue weighted by Crippen LogP contribution is -2.00. The summed E-state index contributed by atoms with van der Waals surface area (Å²) in [5.74, 6) is 0. The summed E-state index contributed by atoms with van der Waals surface area (Å²) in [6, 6.07) is 14.0. The monoisotopic (exact) mass is 253 g/mol. The van der Waals surface area contributed by atoms with Crippen molar-refractivity contribution in [2.24, 2.45) is 5.10 Å². The van der Waals surface area contributed by atoms with Crippen molar-refractivity contribution in [3.05, 3.63) is 59.2 Å². The molecule has 0 aliphatic heterocycles. The Morgan fingerprint density at radius 2 is 1.58 bits per heavy atom. The van der Waals surface area contributed by atoms with Crippen LogP contribution in [0.15, 0.2) is 47.6 Å². The maximum atomic E-state index is 5.67. The SMILES string of the molecule is C/C(=N/Nc1cc(C)cc(C)c1)c1ccc(N)cc1. The lowest BCUT2D eigenvalue weighted by Gasteiger charge is -2.06. The van der Waals surface area contributed by atoms with Gasteiger partial charge in [-0.1, -0.05) is 18.2 Å².